The molecule has 0 spiro atoms. The van der Waals surface area contributed by atoms with E-state index in [0.29, 0.717) is 12.0 Å². The maximum absolute atomic E-state index is 13.6. The number of ether oxygens (including phenoxy) is 1. The highest BCUT2D eigenvalue weighted by Crippen LogP contribution is 2.33. The van der Waals surface area contributed by atoms with Crippen molar-refractivity contribution < 1.29 is 45.7 Å². The van der Waals surface area contributed by atoms with Gasteiger partial charge in [0, 0.05) is 12.5 Å². The molecule has 4 aromatic rings. The van der Waals surface area contributed by atoms with Crippen molar-refractivity contribution in [3.05, 3.63) is 107 Å². The number of hydrogen-bond acceptors (Lipinski definition) is 9. The molecule has 0 saturated carbocycles. The first-order valence-electron chi connectivity index (χ1n) is 15.3. The van der Waals surface area contributed by atoms with Crippen molar-refractivity contribution in [2.75, 3.05) is 7.05 Å². The molecule has 0 aliphatic heterocycles. The van der Waals surface area contributed by atoms with E-state index in [2.05, 4.69) is 10.4 Å². The molecule has 3 aromatic carbocycles. The van der Waals surface area contributed by atoms with Crippen LogP contribution in [0.5, 0.6) is 0 Å². The summed E-state index contributed by atoms with van der Waals surface area (Å²) >= 11 is 0. The maximum atomic E-state index is 13.6. The van der Waals surface area contributed by atoms with Crippen LogP contribution in [0.2, 0.25) is 0 Å². The number of nitrogens with one attached hydrogen (secondary N) is 1. The summed E-state index contributed by atoms with van der Waals surface area (Å²) in [6.45, 7) is 6.50. The Labute approximate surface area is 286 Å². The van der Waals surface area contributed by atoms with Gasteiger partial charge in [0.15, 0.2) is 11.7 Å². The third-order valence-corrected chi connectivity index (χ3v) is 9.01. The fourth-order valence-corrected chi connectivity index (χ4v) is 5.77. The van der Waals surface area contributed by atoms with Crippen molar-refractivity contribution >= 4 is 21.9 Å². The number of esters is 1. The first kappa shape index (κ1) is 37.4. The van der Waals surface area contributed by atoms with Crippen LogP contribution in [0.25, 0.3) is 16.9 Å². The fourth-order valence-electron chi connectivity index (χ4n) is 4.77. The number of hydrazine groups is 1. The van der Waals surface area contributed by atoms with Crippen LogP contribution < -0.4 is 4.72 Å². The van der Waals surface area contributed by atoms with Gasteiger partial charge in [-0.2, -0.15) is 18.3 Å². The van der Waals surface area contributed by atoms with Gasteiger partial charge in [0.1, 0.15) is 0 Å². The summed E-state index contributed by atoms with van der Waals surface area (Å²) in [5.41, 5.74) is 0.718. The molecular formula is C33H35F3N6O7S. The Bertz CT molecular complexity index is 1930. The number of halogens is 3. The van der Waals surface area contributed by atoms with E-state index >= 15 is 0 Å². The van der Waals surface area contributed by atoms with Crippen molar-refractivity contribution in [3.8, 4) is 16.9 Å². The zero-order chi connectivity index (χ0) is 36.8. The van der Waals surface area contributed by atoms with Crippen LogP contribution in [-0.2, 0) is 30.6 Å². The van der Waals surface area contributed by atoms with Crippen molar-refractivity contribution in [2.24, 2.45) is 11.2 Å². The predicted molar refractivity (Wildman–Crippen MR) is 174 cm³/mol. The van der Waals surface area contributed by atoms with Crippen LogP contribution in [0.3, 0.4) is 0 Å². The highest BCUT2D eigenvalue weighted by atomic mass is 32.2. The molecular weight excluding hydrogens is 681 g/mol. The van der Waals surface area contributed by atoms with Gasteiger partial charge in [-0.15, -0.1) is 5.01 Å². The number of nitrogens with zero attached hydrogens (tertiary/aromatic N) is 5. The number of likely N-dealkylation sites (N-methyl/N-ethyl adjacent to an activating group) is 1. The van der Waals surface area contributed by atoms with E-state index in [1.165, 1.54) is 38.2 Å². The molecule has 1 heterocycles. The number of benzene rings is 3. The van der Waals surface area contributed by atoms with E-state index in [4.69, 9.17) is 9.57 Å². The average Bonchev–Trinajstić information content (AvgIpc) is 3.54. The van der Waals surface area contributed by atoms with Crippen LogP contribution in [0.15, 0.2) is 95.1 Å². The molecule has 1 N–H and O–H groups in total. The number of sulfonamides is 1. The Morgan fingerprint density at radius 1 is 1.04 bits per heavy atom. The van der Waals surface area contributed by atoms with Gasteiger partial charge in [-0.1, -0.05) is 68.3 Å². The average molecular weight is 717 g/mol. The summed E-state index contributed by atoms with van der Waals surface area (Å²) in [5, 5.41) is 20.7. The number of aryl methyl sites for hydroxylation is 1. The lowest BCUT2D eigenvalue weighted by molar-refractivity contribution is -0.713. The van der Waals surface area contributed by atoms with E-state index < -0.39 is 52.0 Å². The Morgan fingerprint density at radius 3 is 2.24 bits per heavy atom. The summed E-state index contributed by atoms with van der Waals surface area (Å²) in [6.07, 6.45) is -5.67. The normalized spacial score (nSPS) is 14.0. The molecule has 0 saturated heterocycles. The first-order valence-corrected chi connectivity index (χ1v) is 16.7. The topological polar surface area (TPSA) is 158 Å². The highest BCUT2D eigenvalue weighted by molar-refractivity contribution is 7.90. The standard InChI is InChI=1S/C33H35F3N6O7S/c1-6-22(3)30(40(5)42(45)39-49-23(4)48-32(44)25-10-8-7-9-11-25)31(43)38-50(46,47)27-18-16-26(17-19-27)41-28(20-29(37-41)33(34,35)36)24-14-12-21(2)13-15-24/h7-20,22-23,30H,6H2,1-5H3,(H,38,43)/b42-39+/t22-,23?,30+/m1/s1. The number of rotatable bonds is 13. The van der Waals surface area contributed by atoms with Crippen LogP contribution in [0, 0.1) is 18.0 Å². The molecule has 50 heavy (non-hydrogen) atoms. The van der Waals surface area contributed by atoms with Crippen LogP contribution in [0.4, 0.5) is 13.2 Å². The molecule has 0 radical (unpaired) electrons. The van der Waals surface area contributed by atoms with Crippen molar-refractivity contribution in [2.45, 2.75) is 57.5 Å². The number of aromatic nitrogens is 2. The highest BCUT2D eigenvalue weighted by Gasteiger charge is 2.37. The summed E-state index contributed by atoms with van der Waals surface area (Å²) in [7, 11) is -3.33. The number of carbonyl (C=O) groups excluding carboxylic acids is 2. The molecule has 1 unspecified atom stereocenters. The maximum Gasteiger partial charge on any atom is 0.435 e. The van der Waals surface area contributed by atoms with Crippen molar-refractivity contribution in [1.29, 1.82) is 0 Å². The largest absolute Gasteiger partial charge is 0.569 e. The van der Waals surface area contributed by atoms with Crippen molar-refractivity contribution in [3.63, 3.8) is 0 Å². The zero-order valence-electron chi connectivity index (χ0n) is 27.7. The molecule has 1 aromatic heterocycles. The number of amides is 1. The Morgan fingerprint density at radius 2 is 1.66 bits per heavy atom. The molecule has 0 bridgehead atoms. The van der Waals surface area contributed by atoms with Crippen LogP contribution >= 0.6 is 0 Å². The van der Waals surface area contributed by atoms with Crippen molar-refractivity contribution in [1.82, 2.24) is 19.5 Å². The molecule has 0 aliphatic carbocycles. The molecule has 0 aliphatic rings. The predicted octanol–water partition coefficient (Wildman–Crippen LogP) is 6.03. The second kappa shape index (κ2) is 15.4. The zero-order valence-corrected chi connectivity index (χ0v) is 28.5. The summed E-state index contributed by atoms with van der Waals surface area (Å²) in [4.78, 5) is 30.1. The van der Waals surface area contributed by atoms with Crippen LogP contribution in [-0.4, -0.2) is 59.4 Å². The van der Waals surface area contributed by atoms with Gasteiger partial charge < -0.3 is 9.94 Å². The minimum atomic E-state index is -4.73. The third kappa shape index (κ3) is 8.96. The lowest BCUT2D eigenvalue weighted by Gasteiger charge is -2.27. The first-order chi connectivity index (χ1) is 23.5. The Kier molecular flexibility index (Phi) is 11.5. The lowest BCUT2D eigenvalue weighted by Crippen LogP contribution is -2.52. The van der Waals surface area contributed by atoms with E-state index in [1.54, 1.807) is 56.3 Å². The summed E-state index contributed by atoms with van der Waals surface area (Å²) < 4.78 is 75.5. The van der Waals surface area contributed by atoms with E-state index in [1.807, 2.05) is 11.6 Å². The Balaban J connectivity index is 1.51. The molecule has 0 fully saturated rings. The second-order valence-electron chi connectivity index (χ2n) is 11.3. The number of alkyl halides is 3. The lowest BCUT2D eigenvalue weighted by atomic mass is 9.98. The fraction of sp³-hybridized carbons (Fsp3) is 0.303. The third-order valence-electron chi connectivity index (χ3n) is 7.65. The van der Waals surface area contributed by atoms with Crippen LogP contribution in [0.1, 0.15) is 48.8 Å². The summed E-state index contributed by atoms with van der Waals surface area (Å²) in [5.74, 6) is -2.36. The minimum Gasteiger partial charge on any atom is -0.569 e. The number of hydrogen-bond donors (Lipinski definition) is 1. The van der Waals surface area contributed by atoms with E-state index in [0.717, 1.165) is 33.5 Å². The van der Waals surface area contributed by atoms with E-state index in [9.17, 15) is 36.4 Å². The minimum absolute atomic E-state index is 0.0738. The van der Waals surface area contributed by atoms with Gasteiger partial charge in [-0.05, 0) is 55.3 Å². The molecule has 3 atom stereocenters. The number of carbonyl (C=O) groups is 2. The molecule has 13 nitrogen and oxygen atoms in total. The quantitative estimate of drug-likeness (QED) is 0.0573. The van der Waals surface area contributed by atoms with Gasteiger partial charge in [0.25, 0.3) is 22.2 Å². The van der Waals surface area contributed by atoms with Gasteiger partial charge in [0.05, 0.1) is 33.9 Å². The molecule has 266 valence electrons. The molecule has 17 heteroatoms. The SMILES string of the molecule is CC[C@@H](C)[C@@H](C(=O)NS(=O)(=O)c1ccc(-n2nc(C(F)(F)F)cc2-c2ccc(C)cc2)cc1)N(C)/[N+]([O-])=N\OC(C)OC(=O)c1ccccc1. The van der Waals surface area contributed by atoms with Gasteiger partial charge in [-0.3, -0.25) is 9.63 Å². The van der Waals surface area contributed by atoms with Gasteiger partial charge in [0.2, 0.25) is 5.28 Å². The molecule has 4 rings (SSSR count). The second-order valence-corrected chi connectivity index (χ2v) is 13.0. The summed E-state index contributed by atoms with van der Waals surface area (Å²) in [6, 6.07) is 19.1. The van der Waals surface area contributed by atoms with E-state index in [-0.39, 0.29) is 26.8 Å². The molecule has 1 amide bonds. The Hall–Kier alpha value is -5.45. The monoisotopic (exact) mass is 716 g/mol. The smallest absolute Gasteiger partial charge is 0.435 e. The van der Waals surface area contributed by atoms with Gasteiger partial charge >= 0.3 is 12.1 Å². The van der Waals surface area contributed by atoms with Gasteiger partial charge in [-0.25, -0.2) is 22.6 Å².